The quantitative estimate of drug-likeness (QED) is 0.917. The lowest BCUT2D eigenvalue weighted by molar-refractivity contribution is 0.157. The number of rotatable bonds is 4. The molecule has 20 heavy (non-hydrogen) atoms. The van der Waals surface area contributed by atoms with E-state index in [4.69, 9.17) is 4.74 Å². The molecule has 2 amide bonds. The van der Waals surface area contributed by atoms with E-state index in [0.717, 1.165) is 30.7 Å². The first-order chi connectivity index (χ1) is 9.72. The number of piperidine rings is 1. The molecule has 1 aliphatic rings. The Morgan fingerprint density at radius 1 is 1.40 bits per heavy atom. The van der Waals surface area contributed by atoms with E-state index in [1.54, 1.807) is 0 Å². The van der Waals surface area contributed by atoms with Crippen molar-refractivity contribution in [1.29, 1.82) is 0 Å². The van der Waals surface area contributed by atoms with Gasteiger partial charge in [0.1, 0.15) is 5.75 Å². The molecule has 1 saturated heterocycles. The normalized spacial score (nSPS) is 18.7. The summed E-state index contributed by atoms with van der Waals surface area (Å²) in [6, 6.07) is 8.21. The SMILES string of the molecule is CCOc1ccccc1CNC(=O)N1CCCCC1C. The second-order valence-electron chi connectivity index (χ2n) is 5.24. The lowest BCUT2D eigenvalue weighted by atomic mass is 10.0. The van der Waals surface area contributed by atoms with Crippen LogP contribution in [0.25, 0.3) is 0 Å². The zero-order chi connectivity index (χ0) is 14.4. The molecule has 1 heterocycles. The number of benzene rings is 1. The van der Waals surface area contributed by atoms with Crippen LogP contribution >= 0.6 is 0 Å². The third-order valence-corrected chi connectivity index (χ3v) is 3.77. The Balaban J connectivity index is 1.92. The Kier molecular flexibility index (Phi) is 5.27. The third-order valence-electron chi connectivity index (χ3n) is 3.77. The molecule has 0 bridgehead atoms. The smallest absolute Gasteiger partial charge is 0.317 e. The minimum Gasteiger partial charge on any atom is -0.494 e. The Morgan fingerprint density at radius 3 is 2.95 bits per heavy atom. The van der Waals surface area contributed by atoms with Crippen molar-refractivity contribution in [1.82, 2.24) is 10.2 Å². The molecule has 1 fully saturated rings. The van der Waals surface area contributed by atoms with Crippen LogP contribution in [0, 0.1) is 0 Å². The van der Waals surface area contributed by atoms with Crippen molar-refractivity contribution in [2.75, 3.05) is 13.2 Å². The molecule has 1 atom stereocenters. The summed E-state index contributed by atoms with van der Waals surface area (Å²) in [7, 11) is 0. The molecular formula is C16H24N2O2. The van der Waals surface area contributed by atoms with Gasteiger partial charge in [0.05, 0.1) is 6.61 Å². The maximum Gasteiger partial charge on any atom is 0.317 e. The molecule has 0 saturated carbocycles. The number of nitrogens with one attached hydrogen (secondary N) is 1. The zero-order valence-electron chi connectivity index (χ0n) is 12.4. The predicted molar refractivity (Wildman–Crippen MR) is 79.9 cm³/mol. The molecule has 110 valence electrons. The molecule has 0 aliphatic carbocycles. The molecule has 4 heteroatoms. The van der Waals surface area contributed by atoms with Gasteiger partial charge in [-0.3, -0.25) is 0 Å². The van der Waals surface area contributed by atoms with E-state index in [0.29, 0.717) is 19.2 Å². The van der Waals surface area contributed by atoms with Gasteiger partial charge in [0.15, 0.2) is 0 Å². The van der Waals surface area contributed by atoms with E-state index in [1.165, 1.54) is 6.42 Å². The first-order valence-electron chi connectivity index (χ1n) is 7.47. The number of likely N-dealkylation sites (tertiary alicyclic amines) is 1. The molecule has 1 aromatic rings. The van der Waals surface area contributed by atoms with E-state index in [-0.39, 0.29) is 6.03 Å². The summed E-state index contributed by atoms with van der Waals surface area (Å²) in [5.74, 6) is 0.849. The lowest BCUT2D eigenvalue weighted by Gasteiger charge is -2.33. The summed E-state index contributed by atoms with van der Waals surface area (Å²) in [5.41, 5.74) is 1.02. The fourth-order valence-corrected chi connectivity index (χ4v) is 2.62. The maximum absolute atomic E-state index is 12.2. The first-order valence-corrected chi connectivity index (χ1v) is 7.47. The fourth-order valence-electron chi connectivity index (χ4n) is 2.62. The summed E-state index contributed by atoms with van der Waals surface area (Å²) < 4.78 is 5.57. The van der Waals surface area contributed by atoms with Gasteiger partial charge in [-0.05, 0) is 39.2 Å². The van der Waals surface area contributed by atoms with E-state index in [2.05, 4.69) is 12.2 Å². The number of ether oxygens (including phenoxy) is 1. The van der Waals surface area contributed by atoms with Gasteiger partial charge in [-0.25, -0.2) is 4.79 Å². The summed E-state index contributed by atoms with van der Waals surface area (Å²) >= 11 is 0. The van der Waals surface area contributed by atoms with Crippen LogP contribution in [0.2, 0.25) is 0 Å². The van der Waals surface area contributed by atoms with Gasteiger partial charge in [0, 0.05) is 24.7 Å². The second-order valence-corrected chi connectivity index (χ2v) is 5.24. The highest BCUT2D eigenvalue weighted by molar-refractivity contribution is 5.74. The number of carbonyl (C=O) groups is 1. The van der Waals surface area contributed by atoms with E-state index in [1.807, 2.05) is 36.1 Å². The number of hydrogen-bond acceptors (Lipinski definition) is 2. The predicted octanol–water partition coefficient (Wildman–Crippen LogP) is 3.17. The Hall–Kier alpha value is -1.71. The molecule has 0 radical (unpaired) electrons. The average Bonchev–Trinajstić information content (AvgIpc) is 2.47. The molecule has 1 aromatic carbocycles. The standard InChI is InChI=1S/C16H24N2O2/c1-3-20-15-10-5-4-9-14(15)12-17-16(19)18-11-7-6-8-13(18)2/h4-5,9-10,13H,3,6-8,11-12H2,1-2H3,(H,17,19). The first kappa shape index (κ1) is 14.7. The number of nitrogens with zero attached hydrogens (tertiary/aromatic N) is 1. The topological polar surface area (TPSA) is 41.6 Å². The molecule has 2 rings (SSSR count). The Labute approximate surface area is 121 Å². The van der Waals surface area contributed by atoms with Crippen LogP contribution in [0.4, 0.5) is 4.79 Å². The molecule has 0 aromatic heterocycles. The van der Waals surface area contributed by atoms with Crippen LogP contribution in [0.15, 0.2) is 24.3 Å². The van der Waals surface area contributed by atoms with E-state index >= 15 is 0 Å². The van der Waals surface area contributed by atoms with Crippen molar-refractivity contribution < 1.29 is 9.53 Å². The van der Waals surface area contributed by atoms with Gasteiger partial charge in [0.2, 0.25) is 0 Å². The maximum atomic E-state index is 12.2. The molecule has 0 spiro atoms. The van der Waals surface area contributed by atoms with Gasteiger partial charge in [-0.2, -0.15) is 0 Å². The van der Waals surface area contributed by atoms with Crippen molar-refractivity contribution in [3.63, 3.8) is 0 Å². The van der Waals surface area contributed by atoms with Crippen LogP contribution in [-0.4, -0.2) is 30.1 Å². The number of urea groups is 1. The lowest BCUT2D eigenvalue weighted by Crippen LogP contribution is -2.47. The number of hydrogen-bond donors (Lipinski definition) is 1. The molecular weight excluding hydrogens is 252 g/mol. The van der Waals surface area contributed by atoms with Gasteiger partial charge in [-0.1, -0.05) is 18.2 Å². The van der Waals surface area contributed by atoms with Gasteiger partial charge in [0.25, 0.3) is 0 Å². The highest BCUT2D eigenvalue weighted by atomic mass is 16.5. The Morgan fingerprint density at radius 2 is 2.20 bits per heavy atom. The third kappa shape index (κ3) is 3.65. The van der Waals surface area contributed by atoms with Crippen molar-refractivity contribution in [2.45, 2.75) is 45.7 Å². The Bertz CT molecular complexity index is 448. The molecule has 1 N–H and O–H groups in total. The van der Waals surface area contributed by atoms with Gasteiger partial charge < -0.3 is 15.0 Å². The summed E-state index contributed by atoms with van der Waals surface area (Å²) in [6.07, 6.45) is 3.42. The highest BCUT2D eigenvalue weighted by Crippen LogP contribution is 2.19. The van der Waals surface area contributed by atoms with Crippen LogP contribution in [0.5, 0.6) is 5.75 Å². The van der Waals surface area contributed by atoms with Crippen molar-refractivity contribution in [3.8, 4) is 5.75 Å². The second kappa shape index (κ2) is 7.17. The van der Waals surface area contributed by atoms with Crippen LogP contribution in [0.3, 0.4) is 0 Å². The molecule has 1 unspecified atom stereocenters. The largest absolute Gasteiger partial charge is 0.494 e. The summed E-state index contributed by atoms with van der Waals surface area (Å²) in [5, 5.41) is 3.00. The van der Waals surface area contributed by atoms with Crippen LogP contribution in [-0.2, 0) is 6.54 Å². The van der Waals surface area contributed by atoms with E-state index < -0.39 is 0 Å². The zero-order valence-corrected chi connectivity index (χ0v) is 12.4. The number of para-hydroxylation sites is 1. The summed E-state index contributed by atoms with van der Waals surface area (Å²) in [4.78, 5) is 14.2. The number of carbonyl (C=O) groups excluding carboxylic acids is 1. The van der Waals surface area contributed by atoms with Crippen LogP contribution < -0.4 is 10.1 Å². The monoisotopic (exact) mass is 276 g/mol. The fraction of sp³-hybridized carbons (Fsp3) is 0.562. The van der Waals surface area contributed by atoms with E-state index in [9.17, 15) is 4.79 Å². The summed E-state index contributed by atoms with van der Waals surface area (Å²) in [6.45, 7) is 6.09. The highest BCUT2D eigenvalue weighted by Gasteiger charge is 2.22. The van der Waals surface area contributed by atoms with Gasteiger partial charge in [-0.15, -0.1) is 0 Å². The van der Waals surface area contributed by atoms with Gasteiger partial charge >= 0.3 is 6.03 Å². The van der Waals surface area contributed by atoms with Crippen molar-refractivity contribution >= 4 is 6.03 Å². The minimum atomic E-state index is 0.0310. The van der Waals surface area contributed by atoms with Crippen molar-refractivity contribution in [2.24, 2.45) is 0 Å². The van der Waals surface area contributed by atoms with Crippen LogP contribution in [0.1, 0.15) is 38.7 Å². The minimum absolute atomic E-state index is 0.0310. The molecule has 1 aliphatic heterocycles. The number of amides is 2. The molecule has 4 nitrogen and oxygen atoms in total. The van der Waals surface area contributed by atoms with Crippen molar-refractivity contribution in [3.05, 3.63) is 29.8 Å². The average molecular weight is 276 g/mol.